The third-order valence-corrected chi connectivity index (χ3v) is 5.95. The first-order chi connectivity index (χ1) is 14.0. The van der Waals surface area contributed by atoms with Crippen molar-refractivity contribution in [2.75, 3.05) is 26.7 Å². The zero-order valence-electron chi connectivity index (χ0n) is 16.6. The fourth-order valence-corrected chi connectivity index (χ4v) is 4.60. The van der Waals surface area contributed by atoms with Crippen LogP contribution in [0.25, 0.3) is 11.5 Å². The lowest BCUT2D eigenvalue weighted by Gasteiger charge is -2.48. The Morgan fingerprint density at radius 1 is 1.14 bits per heavy atom. The molecular formula is C22H23N5O2. The molecule has 1 aromatic carbocycles. The van der Waals surface area contributed by atoms with Crippen LogP contribution in [0.3, 0.4) is 0 Å². The summed E-state index contributed by atoms with van der Waals surface area (Å²) in [5.74, 6) is 1.25. The third-order valence-electron chi connectivity index (χ3n) is 5.95. The second-order valence-corrected chi connectivity index (χ2v) is 8.36. The highest BCUT2D eigenvalue weighted by molar-refractivity contribution is 5.94. The van der Waals surface area contributed by atoms with Crippen molar-refractivity contribution in [1.29, 1.82) is 0 Å². The van der Waals surface area contributed by atoms with Gasteiger partial charge in [-0.05, 0) is 44.2 Å². The van der Waals surface area contributed by atoms with Crippen LogP contribution in [0.1, 0.15) is 34.3 Å². The number of carbonyl (C=O) groups excluding carboxylic acids is 1. The van der Waals surface area contributed by atoms with Gasteiger partial charge in [0.25, 0.3) is 5.91 Å². The number of hydrogen-bond donors (Lipinski definition) is 0. The van der Waals surface area contributed by atoms with E-state index in [9.17, 15) is 4.79 Å². The molecule has 29 heavy (non-hydrogen) atoms. The summed E-state index contributed by atoms with van der Waals surface area (Å²) < 4.78 is 5.99. The average molecular weight is 389 g/mol. The zero-order chi connectivity index (χ0) is 20.0. The molecule has 0 N–H and O–H groups in total. The predicted octanol–water partition coefficient (Wildman–Crippen LogP) is 2.96. The Kier molecular flexibility index (Phi) is 4.20. The molecule has 0 bridgehead atoms. The van der Waals surface area contributed by atoms with Crippen molar-refractivity contribution in [3.05, 3.63) is 65.8 Å². The molecule has 2 fully saturated rings. The molecule has 1 unspecified atom stereocenters. The van der Waals surface area contributed by atoms with Gasteiger partial charge in [0.2, 0.25) is 11.8 Å². The summed E-state index contributed by atoms with van der Waals surface area (Å²) in [4.78, 5) is 21.1. The molecule has 2 aliphatic heterocycles. The maximum Gasteiger partial charge on any atom is 0.255 e. The third kappa shape index (κ3) is 3.21. The number of aromatic nitrogens is 3. The van der Waals surface area contributed by atoms with Gasteiger partial charge in [-0.1, -0.05) is 18.2 Å². The van der Waals surface area contributed by atoms with Crippen LogP contribution in [0.4, 0.5) is 0 Å². The van der Waals surface area contributed by atoms with Gasteiger partial charge < -0.3 is 9.32 Å². The van der Waals surface area contributed by atoms with Gasteiger partial charge >= 0.3 is 0 Å². The van der Waals surface area contributed by atoms with Gasteiger partial charge in [0.15, 0.2) is 0 Å². The maximum absolute atomic E-state index is 12.7. The normalized spacial score (nSPS) is 20.8. The summed E-state index contributed by atoms with van der Waals surface area (Å²) in [6.45, 7) is 4.36. The molecule has 2 aromatic heterocycles. The molecule has 2 aliphatic rings. The highest BCUT2D eigenvalue weighted by Gasteiger charge is 2.53. The lowest BCUT2D eigenvalue weighted by molar-refractivity contribution is 0.0114. The number of hydrogen-bond acceptors (Lipinski definition) is 6. The van der Waals surface area contributed by atoms with Gasteiger partial charge in [-0.15, -0.1) is 10.2 Å². The van der Waals surface area contributed by atoms with Crippen LogP contribution in [-0.2, 0) is 0 Å². The van der Waals surface area contributed by atoms with Crippen LogP contribution in [0.2, 0.25) is 0 Å². The van der Waals surface area contributed by atoms with Gasteiger partial charge in [0.1, 0.15) is 0 Å². The number of nitrogens with zero attached hydrogens (tertiary/aromatic N) is 5. The van der Waals surface area contributed by atoms with E-state index in [1.165, 1.54) is 0 Å². The molecule has 2 saturated heterocycles. The number of carbonyl (C=O) groups is 1. The SMILES string of the molecule is Cc1cncc(C(=O)N2CC3(CC(c4nnc(-c5ccccc5)o4)N(C)C3)C2)c1. The molecule has 1 amide bonds. The molecule has 0 aliphatic carbocycles. The second-order valence-electron chi connectivity index (χ2n) is 8.36. The minimum atomic E-state index is 0.0575. The summed E-state index contributed by atoms with van der Waals surface area (Å²) in [7, 11) is 2.08. The first-order valence-corrected chi connectivity index (χ1v) is 9.83. The Balaban J connectivity index is 1.28. The Morgan fingerprint density at radius 3 is 2.69 bits per heavy atom. The monoisotopic (exact) mass is 389 g/mol. The summed E-state index contributed by atoms with van der Waals surface area (Å²) >= 11 is 0. The van der Waals surface area contributed by atoms with E-state index in [0.29, 0.717) is 17.3 Å². The van der Waals surface area contributed by atoms with Crippen LogP contribution in [-0.4, -0.2) is 57.6 Å². The molecule has 1 spiro atoms. The number of likely N-dealkylation sites (tertiary alicyclic amines) is 2. The number of rotatable bonds is 3. The van der Waals surface area contributed by atoms with Crippen LogP contribution in [0, 0.1) is 12.3 Å². The first kappa shape index (κ1) is 18.0. The minimum Gasteiger partial charge on any atom is -0.419 e. The molecule has 5 rings (SSSR count). The smallest absolute Gasteiger partial charge is 0.255 e. The van der Waals surface area contributed by atoms with Crippen LogP contribution < -0.4 is 0 Å². The molecular weight excluding hydrogens is 366 g/mol. The van der Waals surface area contributed by atoms with Crippen LogP contribution >= 0.6 is 0 Å². The minimum absolute atomic E-state index is 0.0575. The Bertz CT molecular complexity index is 1040. The van der Waals surface area contributed by atoms with Gasteiger partial charge in [0.05, 0.1) is 11.6 Å². The number of aryl methyl sites for hydroxylation is 1. The number of benzene rings is 1. The fraction of sp³-hybridized carbons (Fsp3) is 0.364. The van der Waals surface area contributed by atoms with Crippen LogP contribution in [0.15, 0.2) is 53.2 Å². The standard InChI is InChI=1S/C22H23N5O2/c1-15-8-17(11-23-10-15)21(28)27-13-22(14-27)9-18(26(2)12-22)20-25-24-19(29-20)16-6-4-3-5-7-16/h3-8,10-11,18H,9,12-14H2,1-2H3. The Morgan fingerprint density at radius 2 is 1.93 bits per heavy atom. The van der Waals surface area contributed by atoms with E-state index < -0.39 is 0 Å². The summed E-state index contributed by atoms with van der Waals surface area (Å²) in [5.41, 5.74) is 2.67. The molecule has 7 heteroatoms. The quantitative estimate of drug-likeness (QED) is 0.686. The van der Waals surface area contributed by atoms with Crippen molar-refractivity contribution < 1.29 is 9.21 Å². The molecule has 148 valence electrons. The zero-order valence-corrected chi connectivity index (χ0v) is 16.6. The Hall–Kier alpha value is -3.06. The highest BCUT2D eigenvalue weighted by Crippen LogP contribution is 2.47. The van der Waals surface area contributed by atoms with E-state index in [-0.39, 0.29) is 17.4 Å². The fourth-order valence-electron chi connectivity index (χ4n) is 4.60. The topological polar surface area (TPSA) is 75.4 Å². The van der Waals surface area contributed by atoms with Gasteiger partial charge in [-0.3, -0.25) is 14.7 Å². The Labute approximate surface area is 169 Å². The molecule has 1 atom stereocenters. The van der Waals surface area contributed by atoms with E-state index in [1.54, 1.807) is 12.4 Å². The summed E-state index contributed by atoms with van der Waals surface area (Å²) in [6, 6.07) is 11.8. The summed E-state index contributed by atoms with van der Waals surface area (Å²) in [6.07, 6.45) is 4.32. The molecule has 7 nitrogen and oxygen atoms in total. The molecule has 0 radical (unpaired) electrons. The molecule has 3 aromatic rings. The highest BCUT2D eigenvalue weighted by atomic mass is 16.4. The molecule has 0 saturated carbocycles. The lowest BCUT2D eigenvalue weighted by atomic mass is 9.77. The predicted molar refractivity (Wildman–Crippen MR) is 107 cm³/mol. The van der Waals surface area contributed by atoms with Crippen molar-refractivity contribution in [2.24, 2.45) is 5.41 Å². The van der Waals surface area contributed by atoms with E-state index in [0.717, 1.165) is 37.2 Å². The van der Waals surface area contributed by atoms with Crippen molar-refractivity contribution >= 4 is 5.91 Å². The maximum atomic E-state index is 12.7. The second kappa shape index (κ2) is 6.77. The number of amides is 1. The lowest BCUT2D eigenvalue weighted by Crippen LogP contribution is -2.59. The molecule has 4 heterocycles. The summed E-state index contributed by atoms with van der Waals surface area (Å²) in [5, 5.41) is 8.55. The van der Waals surface area contributed by atoms with Gasteiger partial charge in [-0.2, -0.15) is 0 Å². The van der Waals surface area contributed by atoms with E-state index in [2.05, 4.69) is 27.1 Å². The van der Waals surface area contributed by atoms with Crippen molar-refractivity contribution in [1.82, 2.24) is 25.0 Å². The average Bonchev–Trinajstić information content (AvgIpc) is 3.32. The number of pyridine rings is 1. The van der Waals surface area contributed by atoms with Gasteiger partial charge in [-0.25, -0.2) is 0 Å². The van der Waals surface area contributed by atoms with Crippen molar-refractivity contribution in [3.8, 4) is 11.5 Å². The van der Waals surface area contributed by atoms with Gasteiger partial charge in [0, 0.05) is 43.0 Å². The van der Waals surface area contributed by atoms with E-state index in [4.69, 9.17) is 4.42 Å². The van der Waals surface area contributed by atoms with E-state index >= 15 is 0 Å². The van der Waals surface area contributed by atoms with E-state index in [1.807, 2.05) is 48.2 Å². The van der Waals surface area contributed by atoms with Crippen molar-refractivity contribution in [3.63, 3.8) is 0 Å². The van der Waals surface area contributed by atoms with Crippen molar-refractivity contribution in [2.45, 2.75) is 19.4 Å². The largest absolute Gasteiger partial charge is 0.419 e. The first-order valence-electron chi connectivity index (χ1n) is 9.83. The van der Waals surface area contributed by atoms with Crippen LogP contribution in [0.5, 0.6) is 0 Å².